The summed E-state index contributed by atoms with van der Waals surface area (Å²) < 4.78 is 11.7. The molecule has 4 heteroatoms. The maximum Gasteiger partial charge on any atom is 0.265 e. The Kier molecular flexibility index (Phi) is 4.55. The number of anilines is 1. The molecule has 3 aromatic carbocycles. The molecule has 0 aliphatic carbocycles. The average Bonchev–Trinajstić information content (AvgIpc) is 3.05. The normalized spacial score (nSPS) is 12.2. The maximum atomic E-state index is 12.7. The van der Waals surface area contributed by atoms with Crippen LogP contribution >= 0.6 is 0 Å². The standard InChI is InChI=1S/C23H21NO3/c1-3-20(26-17-11-8-15(2)9-12-17)23(25)24-16-10-13-19-18-6-4-5-7-21(18)27-22(19)14-16/h4-14,20H,3H2,1-2H3,(H,24,25)/t20-/m0/s1. The molecule has 4 aromatic rings. The summed E-state index contributed by atoms with van der Waals surface area (Å²) in [5.41, 5.74) is 3.43. The highest BCUT2D eigenvalue weighted by molar-refractivity contribution is 6.06. The van der Waals surface area contributed by atoms with Crippen LogP contribution in [0.4, 0.5) is 5.69 Å². The van der Waals surface area contributed by atoms with Crippen LogP contribution in [0, 0.1) is 6.92 Å². The molecule has 0 saturated carbocycles. The summed E-state index contributed by atoms with van der Waals surface area (Å²) in [5.74, 6) is 0.517. The Hall–Kier alpha value is -3.27. The van der Waals surface area contributed by atoms with Gasteiger partial charge in [-0.15, -0.1) is 0 Å². The first-order valence-corrected chi connectivity index (χ1v) is 9.09. The summed E-state index contributed by atoms with van der Waals surface area (Å²) in [6, 6.07) is 21.3. The van der Waals surface area contributed by atoms with Crippen LogP contribution in [-0.2, 0) is 4.79 Å². The van der Waals surface area contributed by atoms with Crippen LogP contribution in [0.15, 0.2) is 71.1 Å². The number of furan rings is 1. The summed E-state index contributed by atoms with van der Waals surface area (Å²) in [4.78, 5) is 12.7. The molecular weight excluding hydrogens is 338 g/mol. The van der Waals surface area contributed by atoms with Crippen molar-refractivity contribution in [1.29, 1.82) is 0 Å². The number of amides is 1. The third-order valence-electron chi connectivity index (χ3n) is 4.61. The summed E-state index contributed by atoms with van der Waals surface area (Å²) in [5, 5.41) is 5.04. The third kappa shape index (κ3) is 3.51. The molecule has 1 aromatic heterocycles. The predicted octanol–water partition coefficient (Wildman–Crippen LogP) is 5.69. The predicted molar refractivity (Wildman–Crippen MR) is 108 cm³/mol. The van der Waals surface area contributed by atoms with Gasteiger partial charge in [-0.05, 0) is 43.7 Å². The molecule has 0 unspecified atom stereocenters. The van der Waals surface area contributed by atoms with E-state index in [1.807, 2.05) is 80.6 Å². The van der Waals surface area contributed by atoms with E-state index in [9.17, 15) is 4.79 Å². The lowest BCUT2D eigenvalue weighted by atomic mass is 10.1. The Bertz CT molecular complexity index is 1100. The molecule has 1 amide bonds. The Morgan fingerprint density at radius 1 is 1.00 bits per heavy atom. The first-order valence-electron chi connectivity index (χ1n) is 9.09. The molecule has 0 radical (unpaired) electrons. The molecule has 0 bridgehead atoms. The highest BCUT2D eigenvalue weighted by atomic mass is 16.5. The second-order valence-corrected chi connectivity index (χ2v) is 6.63. The third-order valence-corrected chi connectivity index (χ3v) is 4.61. The van der Waals surface area contributed by atoms with E-state index < -0.39 is 6.10 Å². The van der Waals surface area contributed by atoms with Gasteiger partial charge in [0.15, 0.2) is 6.10 Å². The smallest absolute Gasteiger partial charge is 0.265 e. The summed E-state index contributed by atoms with van der Waals surface area (Å²) in [7, 11) is 0. The maximum absolute atomic E-state index is 12.7. The molecule has 136 valence electrons. The molecule has 4 rings (SSSR count). The molecule has 1 N–H and O–H groups in total. The van der Waals surface area contributed by atoms with Gasteiger partial charge in [0.1, 0.15) is 16.9 Å². The number of rotatable bonds is 5. The van der Waals surface area contributed by atoms with E-state index in [1.165, 1.54) is 0 Å². The van der Waals surface area contributed by atoms with Gasteiger partial charge in [-0.3, -0.25) is 4.79 Å². The highest BCUT2D eigenvalue weighted by Gasteiger charge is 2.19. The first-order chi connectivity index (χ1) is 13.1. The molecule has 1 atom stereocenters. The number of hydrogen-bond donors (Lipinski definition) is 1. The molecule has 0 aliphatic rings. The number of para-hydroxylation sites is 1. The van der Waals surface area contributed by atoms with Gasteiger partial charge in [0.2, 0.25) is 0 Å². The van der Waals surface area contributed by atoms with E-state index in [1.54, 1.807) is 0 Å². The van der Waals surface area contributed by atoms with Gasteiger partial charge in [0, 0.05) is 22.5 Å². The largest absolute Gasteiger partial charge is 0.481 e. The van der Waals surface area contributed by atoms with Crippen molar-refractivity contribution < 1.29 is 13.9 Å². The Morgan fingerprint density at radius 3 is 2.52 bits per heavy atom. The minimum Gasteiger partial charge on any atom is -0.481 e. The van der Waals surface area contributed by atoms with E-state index in [0.717, 1.165) is 27.5 Å². The lowest BCUT2D eigenvalue weighted by Crippen LogP contribution is -2.32. The molecule has 0 spiro atoms. The summed E-state index contributed by atoms with van der Waals surface area (Å²) in [6.07, 6.45) is 0.0196. The number of benzene rings is 3. The first kappa shape index (κ1) is 17.2. The van der Waals surface area contributed by atoms with Crippen molar-refractivity contribution in [3.8, 4) is 5.75 Å². The van der Waals surface area contributed by atoms with Crippen LogP contribution < -0.4 is 10.1 Å². The van der Waals surface area contributed by atoms with Gasteiger partial charge < -0.3 is 14.5 Å². The summed E-state index contributed by atoms with van der Waals surface area (Å²) in [6.45, 7) is 3.95. The number of carbonyl (C=O) groups excluding carboxylic acids is 1. The van der Waals surface area contributed by atoms with Gasteiger partial charge in [0.25, 0.3) is 5.91 Å². The van der Waals surface area contributed by atoms with E-state index >= 15 is 0 Å². The topological polar surface area (TPSA) is 51.5 Å². The second-order valence-electron chi connectivity index (χ2n) is 6.63. The average molecular weight is 359 g/mol. The molecular formula is C23H21NO3. The zero-order chi connectivity index (χ0) is 18.8. The van der Waals surface area contributed by atoms with Crippen molar-refractivity contribution in [2.24, 2.45) is 0 Å². The Labute approximate surface area is 157 Å². The fourth-order valence-electron chi connectivity index (χ4n) is 3.13. The van der Waals surface area contributed by atoms with E-state index in [-0.39, 0.29) is 5.91 Å². The van der Waals surface area contributed by atoms with Crippen LogP contribution in [0.25, 0.3) is 21.9 Å². The summed E-state index contributed by atoms with van der Waals surface area (Å²) >= 11 is 0. The van der Waals surface area contributed by atoms with Gasteiger partial charge in [-0.1, -0.05) is 42.8 Å². The molecule has 27 heavy (non-hydrogen) atoms. The van der Waals surface area contributed by atoms with E-state index in [0.29, 0.717) is 17.9 Å². The van der Waals surface area contributed by atoms with Gasteiger partial charge in [0.05, 0.1) is 0 Å². The van der Waals surface area contributed by atoms with Crippen molar-refractivity contribution in [2.45, 2.75) is 26.4 Å². The quantitative estimate of drug-likeness (QED) is 0.498. The van der Waals surface area contributed by atoms with Gasteiger partial charge >= 0.3 is 0 Å². The van der Waals surface area contributed by atoms with Crippen LogP contribution in [0.1, 0.15) is 18.9 Å². The lowest BCUT2D eigenvalue weighted by Gasteiger charge is -2.17. The molecule has 4 nitrogen and oxygen atoms in total. The van der Waals surface area contributed by atoms with Gasteiger partial charge in [-0.2, -0.15) is 0 Å². The number of hydrogen-bond acceptors (Lipinski definition) is 3. The minimum absolute atomic E-state index is 0.173. The zero-order valence-corrected chi connectivity index (χ0v) is 15.4. The van der Waals surface area contributed by atoms with Crippen molar-refractivity contribution in [3.63, 3.8) is 0 Å². The van der Waals surface area contributed by atoms with Crippen LogP contribution in [-0.4, -0.2) is 12.0 Å². The molecule has 0 fully saturated rings. The van der Waals surface area contributed by atoms with Crippen LogP contribution in [0.2, 0.25) is 0 Å². The fraction of sp³-hybridized carbons (Fsp3) is 0.174. The molecule has 0 saturated heterocycles. The number of ether oxygens (including phenoxy) is 1. The number of nitrogens with one attached hydrogen (secondary N) is 1. The van der Waals surface area contributed by atoms with E-state index in [4.69, 9.17) is 9.15 Å². The Morgan fingerprint density at radius 2 is 1.74 bits per heavy atom. The number of fused-ring (bicyclic) bond motifs is 3. The monoisotopic (exact) mass is 359 g/mol. The minimum atomic E-state index is -0.556. The van der Waals surface area contributed by atoms with E-state index in [2.05, 4.69) is 5.32 Å². The zero-order valence-electron chi connectivity index (χ0n) is 15.4. The lowest BCUT2D eigenvalue weighted by molar-refractivity contribution is -0.122. The highest BCUT2D eigenvalue weighted by Crippen LogP contribution is 2.30. The molecule has 0 aliphatic heterocycles. The second kappa shape index (κ2) is 7.16. The van der Waals surface area contributed by atoms with Crippen LogP contribution in [0.3, 0.4) is 0 Å². The van der Waals surface area contributed by atoms with Gasteiger partial charge in [-0.25, -0.2) is 0 Å². The fourth-order valence-corrected chi connectivity index (χ4v) is 3.13. The van der Waals surface area contributed by atoms with Crippen LogP contribution in [0.5, 0.6) is 5.75 Å². The van der Waals surface area contributed by atoms with Crippen molar-refractivity contribution in [3.05, 3.63) is 72.3 Å². The van der Waals surface area contributed by atoms with Crippen molar-refractivity contribution in [1.82, 2.24) is 0 Å². The number of carbonyl (C=O) groups is 1. The SMILES string of the molecule is CC[C@H](Oc1ccc(C)cc1)C(=O)Nc1ccc2c(c1)oc1ccccc12. The number of aryl methyl sites for hydroxylation is 1. The van der Waals surface area contributed by atoms with Crippen molar-refractivity contribution >= 4 is 33.5 Å². The van der Waals surface area contributed by atoms with Crippen molar-refractivity contribution in [2.75, 3.05) is 5.32 Å². The molecule has 1 heterocycles. The Balaban J connectivity index is 1.53.